The van der Waals surface area contributed by atoms with E-state index < -0.39 is 6.04 Å². The molecule has 0 aliphatic rings. The summed E-state index contributed by atoms with van der Waals surface area (Å²) >= 11 is 5.81. The zero-order valence-corrected chi connectivity index (χ0v) is 8.80. The van der Waals surface area contributed by atoms with E-state index in [1.54, 1.807) is 19.2 Å². The second kappa shape index (κ2) is 4.39. The van der Waals surface area contributed by atoms with Gasteiger partial charge in [0.05, 0.1) is 11.7 Å². The maximum Gasteiger partial charge on any atom is 0.241 e. The highest BCUT2D eigenvalue weighted by molar-refractivity contribution is 6.32. The summed E-state index contributed by atoms with van der Waals surface area (Å²) in [5, 5.41) is 2.90. The third kappa shape index (κ3) is 2.43. The molecule has 0 aliphatic carbocycles. The number of halogens is 1. The van der Waals surface area contributed by atoms with E-state index in [4.69, 9.17) is 17.3 Å². The Kier molecular flexibility index (Phi) is 3.43. The fraction of sp³-hybridized carbons (Fsp3) is 0.333. The van der Waals surface area contributed by atoms with Gasteiger partial charge in [0, 0.05) is 6.20 Å². The first-order valence-electron chi connectivity index (χ1n) is 4.20. The van der Waals surface area contributed by atoms with Crippen LogP contribution in [-0.4, -0.2) is 16.9 Å². The molecule has 1 amide bonds. The van der Waals surface area contributed by atoms with E-state index in [-0.39, 0.29) is 11.1 Å². The van der Waals surface area contributed by atoms with Crippen molar-refractivity contribution in [2.45, 2.75) is 19.9 Å². The van der Waals surface area contributed by atoms with Crippen LogP contribution in [0.4, 0.5) is 5.69 Å². The van der Waals surface area contributed by atoms with E-state index in [1.807, 2.05) is 6.92 Å². The van der Waals surface area contributed by atoms with Gasteiger partial charge in [0.2, 0.25) is 5.91 Å². The van der Waals surface area contributed by atoms with Crippen molar-refractivity contribution in [3.8, 4) is 0 Å². The van der Waals surface area contributed by atoms with Crippen molar-refractivity contribution in [3.63, 3.8) is 0 Å². The van der Waals surface area contributed by atoms with Gasteiger partial charge in [0.15, 0.2) is 5.15 Å². The van der Waals surface area contributed by atoms with Crippen LogP contribution in [-0.2, 0) is 4.79 Å². The number of aromatic nitrogens is 1. The molecule has 0 fully saturated rings. The summed E-state index contributed by atoms with van der Waals surface area (Å²) in [4.78, 5) is 15.2. The minimum absolute atomic E-state index is 0.275. The highest BCUT2D eigenvalue weighted by atomic mass is 35.5. The smallest absolute Gasteiger partial charge is 0.241 e. The second-order valence-corrected chi connectivity index (χ2v) is 3.43. The summed E-state index contributed by atoms with van der Waals surface area (Å²) in [5.41, 5.74) is 6.79. The van der Waals surface area contributed by atoms with Gasteiger partial charge in [-0.3, -0.25) is 4.79 Å². The lowest BCUT2D eigenvalue weighted by Gasteiger charge is -2.10. The molecular weight excluding hydrogens is 202 g/mol. The summed E-state index contributed by atoms with van der Waals surface area (Å²) in [5.74, 6) is -0.275. The Balaban J connectivity index is 2.91. The number of nitrogens with one attached hydrogen (secondary N) is 1. The van der Waals surface area contributed by atoms with E-state index in [0.29, 0.717) is 5.69 Å². The molecular formula is C9H12ClN3O. The normalized spacial score (nSPS) is 12.3. The quantitative estimate of drug-likeness (QED) is 0.729. The van der Waals surface area contributed by atoms with Gasteiger partial charge >= 0.3 is 0 Å². The molecule has 0 radical (unpaired) electrons. The first kappa shape index (κ1) is 10.9. The standard InChI is InChI=1S/C9H12ClN3O/c1-5-3-4-12-8(10)7(5)13-9(14)6(2)11/h3-4,6H,11H2,1-2H3,(H,13,14)/t6-/m0/s1. The van der Waals surface area contributed by atoms with E-state index in [0.717, 1.165) is 5.56 Å². The molecule has 1 aromatic heterocycles. The molecule has 3 N–H and O–H groups in total. The molecule has 0 saturated heterocycles. The third-order valence-corrected chi connectivity index (χ3v) is 2.06. The number of hydrogen-bond acceptors (Lipinski definition) is 3. The first-order valence-corrected chi connectivity index (χ1v) is 4.57. The van der Waals surface area contributed by atoms with Crippen molar-refractivity contribution in [3.05, 3.63) is 23.0 Å². The second-order valence-electron chi connectivity index (χ2n) is 3.07. The van der Waals surface area contributed by atoms with Crippen LogP contribution in [0.25, 0.3) is 0 Å². The average Bonchev–Trinajstić information content (AvgIpc) is 2.11. The van der Waals surface area contributed by atoms with Crippen LogP contribution >= 0.6 is 11.6 Å². The van der Waals surface area contributed by atoms with Gasteiger partial charge in [0.1, 0.15) is 0 Å². The Morgan fingerprint density at radius 1 is 1.71 bits per heavy atom. The molecule has 0 unspecified atom stereocenters. The van der Waals surface area contributed by atoms with Crippen LogP contribution in [0.3, 0.4) is 0 Å². The summed E-state index contributed by atoms with van der Waals surface area (Å²) in [6.07, 6.45) is 1.58. The Morgan fingerprint density at radius 3 is 2.86 bits per heavy atom. The topological polar surface area (TPSA) is 68.0 Å². The number of carbonyl (C=O) groups excluding carboxylic acids is 1. The molecule has 5 heteroatoms. The number of carbonyl (C=O) groups is 1. The molecule has 1 aromatic rings. The lowest BCUT2D eigenvalue weighted by Crippen LogP contribution is -2.32. The number of amides is 1. The van der Waals surface area contributed by atoms with Gasteiger partial charge in [-0.15, -0.1) is 0 Å². The van der Waals surface area contributed by atoms with Crippen molar-refractivity contribution in [2.24, 2.45) is 5.73 Å². The predicted octanol–water partition coefficient (Wildman–Crippen LogP) is 1.33. The lowest BCUT2D eigenvalue weighted by molar-refractivity contribution is -0.117. The van der Waals surface area contributed by atoms with Gasteiger partial charge in [-0.25, -0.2) is 4.98 Å². The molecule has 0 saturated carbocycles. The Bertz CT molecular complexity index is 332. The molecule has 1 heterocycles. The molecule has 1 atom stereocenters. The maximum absolute atomic E-state index is 11.3. The minimum Gasteiger partial charge on any atom is -0.322 e. The fourth-order valence-corrected chi connectivity index (χ4v) is 1.16. The number of anilines is 1. The van der Waals surface area contributed by atoms with E-state index in [9.17, 15) is 4.79 Å². The first-order chi connectivity index (χ1) is 6.52. The summed E-state index contributed by atoms with van der Waals surface area (Å²) in [6, 6.07) is 1.20. The molecule has 76 valence electrons. The van der Waals surface area contributed by atoms with Gasteiger partial charge in [0.25, 0.3) is 0 Å². The zero-order chi connectivity index (χ0) is 10.7. The number of pyridine rings is 1. The highest BCUT2D eigenvalue weighted by Gasteiger charge is 2.11. The van der Waals surface area contributed by atoms with Crippen molar-refractivity contribution < 1.29 is 4.79 Å². The number of aryl methyl sites for hydroxylation is 1. The van der Waals surface area contributed by atoms with Gasteiger partial charge in [-0.2, -0.15) is 0 Å². The summed E-state index contributed by atoms with van der Waals surface area (Å²) in [7, 11) is 0. The largest absolute Gasteiger partial charge is 0.322 e. The molecule has 14 heavy (non-hydrogen) atoms. The SMILES string of the molecule is Cc1ccnc(Cl)c1NC(=O)[C@H](C)N. The van der Waals surface area contributed by atoms with Crippen molar-refractivity contribution in [2.75, 3.05) is 5.32 Å². The van der Waals surface area contributed by atoms with Gasteiger partial charge < -0.3 is 11.1 Å². The Labute approximate surface area is 87.5 Å². The number of hydrogen-bond donors (Lipinski definition) is 2. The Hall–Kier alpha value is -1.13. The van der Waals surface area contributed by atoms with Gasteiger partial charge in [-0.1, -0.05) is 11.6 Å². The number of nitrogens with two attached hydrogens (primary N) is 1. The molecule has 1 rings (SSSR count). The van der Waals surface area contributed by atoms with Crippen molar-refractivity contribution in [1.82, 2.24) is 4.98 Å². The number of nitrogens with zero attached hydrogens (tertiary/aromatic N) is 1. The summed E-state index contributed by atoms with van der Waals surface area (Å²) < 4.78 is 0. The van der Waals surface area contributed by atoms with E-state index in [2.05, 4.69) is 10.3 Å². The average molecular weight is 214 g/mol. The zero-order valence-electron chi connectivity index (χ0n) is 8.04. The molecule has 4 nitrogen and oxygen atoms in total. The molecule has 0 aliphatic heterocycles. The highest BCUT2D eigenvalue weighted by Crippen LogP contribution is 2.22. The minimum atomic E-state index is -0.564. The monoisotopic (exact) mass is 213 g/mol. The predicted molar refractivity (Wildman–Crippen MR) is 56.3 cm³/mol. The van der Waals surface area contributed by atoms with E-state index in [1.165, 1.54) is 0 Å². The van der Waals surface area contributed by atoms with Crippen LogP contribution in [0.5, 0.6) is 0 Å². The van der Waals surface area contributed by atoms with Crippen LogP contribution in [0, 0.1) is 6.92 Å². The molecule has 0 aromatic carbocycles. The van der Waals surface area contributed by atoms with Crippen LogP contribution in [0.2, 0.25) is 5.15 Å². The molecule has 0 bridgehead atoms. The van der Waals surface area contributed by atoms with Crippen molar-refractivity contribution in [1.29, 1.82) is 0 Å². The van der Waals surface area contributed by atoms with Crippen LogP contribution in [0.1, 0.15) is 12.5 Å². The van der Waals surface area contributed by atoms with Crippen molar-refractivity contribution >= 4 is 23.2 Å². The molecule has 0 spiro atoms. The van der Waals surface area contributed by atoms with Gasteiger partial charge in [-0.05, 0) is 25.5 Å². The fourth-order valence-electron chi connectivity index (χ4n) is 0.912. The maximum atomic E-state index is 11.3. The Morgan fingerprint density at radius 2 is 2.36 bits per heavy atom. The summed E-state index contributed by atoms with van der Waals surface area (Å²) in [6.45, 7) is 3.44. The van der Waals surface area contributed by atoms with E-state index >= 15 is 0 Å². The van der Waals surface area contributed by atoms with Crippen LogP contribution < -0.4 is 11.1 Å². The third-order valence-electron chi connectivity index (χ3n) is 1.77. The lowest BCUT2D eigenvalue weighted by atomic mass is 10.2. The number of rotatable bonds is 2. The van der Waals surface area contributed by atoms with Crippen LogP contribution in [0.15, 0.2) is 12.3 Å².